The Labute approximate surface area is 98.2 Å². The average Bonchev–Trinajstić information content (AvgIpc) is 2.28. The van der Waals surface area contributed by atoms with E-state index in [1.165, 1.54) is 24.3 Å². The van der Waals surface area contributed by atoms with Crippen molar-refractivity contribution >= 4 is 5.97 Å². The second kappa shape index (κ2) is 5.23. The lowest BCUT2D eigenvalue weighted by Crippen LogP contribution is -2.21. The lowest BCUT2D eigenvalue weighted by atomic mass is 10.00. The van der Waals surface area contributed by atoms with Crippen molar-refractivity contribution in [3.63, 3.8) is 0 Å². The molecule has 0 aliphatic rings. The van der Waals surface area contributed by atoms with E-state index in [4.69, 9.17) is 10.8 Å². The highest BCUT2D eigenvalue weighted by Crippen LogP contribution is 2.33. The topological polar surface area (TPSA) is 63.3 Å². The fourth-order valence-electron chi connectivity index (χ4n) is 1.54. The molecule has 0 amide bonds. The normalized spacial score (nSPS) is 13.4. The molecule has 0 aliphatic carbocycles. The van der Waals surface area contributed by atoms with E-state index in [-0.39, 0.29) is 12.0 Å². The van der Waals surface area contributed by atoms with Crippen LogP contribution in [0.25, 0.3) is 0 Å². The van der Waals surface area contributed by atoms with Gasteiger partial charge in [-0.05, 0) is 5.56 Å². The maximum Gasteiger partial charge on any atom is 0.325 e. The maximum atomic E-state index is 13.5. The number of rotatable bonds is 5. The van der Waals surface area contributed by atoms with Gasteiger partial charge in [0.15, 0.2) is 0 Å². The molecule has 3 N–H and O–H groups in total. The van der Waals surface area contributed by atoms with Crippen LogP contribution in [-0.4, -0.2) is 11.1 Å². The lowest BCUT2D eigenvalue weighted by Gasteiger charge is -2.16. The molecule has 0 heterocycles. The van der Waals surface area contributed by atoms with Crippen molar-refractivity contribution in [3.05, 3.63) is 35.4 Å². The van der Waals surface area contributed by atoms with E-state index >= 15 is 0 Å². The number of halogens is 2. The number of nitrogens with two attached hydrogens (primary N) is 1. The van der Waals surface area contributed by atoms with Crippen LogP contribution in [0.2, 0.25) is 0 Å². The summed E-state index contributed by atoms with van der Waals surface area (Å²) in [4.78, 5) is 10.6. The predicted molar refractivity (Wildman–Crippen MR) is 59.8 cm³/mol. The van der Waals surface area contributed by atoms with E-state index in [2.05, 4.69) is 0 Å². The molecule has 0 spiro atoms. The molecule has 3 nitrogen and oxygen atoms in total. The van der Waals surface area contributed by atoms with E-state index in [1.54, 1.807) is 6.92 Å². The van der Waals surface area contributed by atoms with Gasteiger partial charge in [-0.1, -0.05) is 37.6 Å². The van der Waals surface area contributed by atoms with Crippen LogP contribution in [0.1, 0.15) is 36.9 Å². The predicted octanol–water partition coefficient (Wildman–Crippen LogP) is 2.66. The van der Waals surface area contributed by atoms with Crippen molar-refractivity contribution < 1.29 is 18.7 Å². The molecule has 0 saturated carbocycles. The van der Waals surface area contributed by atoms with E-state index in [1.807, 2.05) is 0 Å². The Morgan fingerprint density at radius 1 is 1.41 bits per heavy atom. The van der Waals surface area contributed by atoms with Crippen molar-refractivity contribution in [2.24, 2.45) is 5.73 Å². The molecular weight excluding hydrogens is 228 g/mol. The molecule has 1 aromatic rings. The van der Waals surface area contributed by atoms with E-state index < -0.39 is 17.9 Å². The second-order valence-corrected chi connectivity index (χ2v) is 3.89. The van der Waals surface area contributed by atoms with Crippen molar-refractivity contribution in [3.8, 4) is 0 Å². The number of carboxylic acid groups (broad SMARTS) is 1. The van der Waals surface area contributed by atoms with Gasteiger partial charge < -0.3 is 10.8 Å². The third-order valence-electron chi connectivity index (χ3n) is 2.52. The van der Waals surface area contributed by atoms with Gasteiger partial charge in [0.2, 0.25) is 0 Å². The van der Waals surface area contributed by atoms with Gasteiger partial charge in [0, 0.05) is 12.0 Å². The van der Waals surface area contributed by atoms with Crippen LogP contribution in [0.15, 0.2) is 24.3 Å². The molecule has 0 fully saturated rings. The van der Waals surface area contributed by atoms with Gasteiger partial charge >= 0.3 is 5.97 Å². The first-order valence-electron chi connectivity index (χ1n) is 5.35. The molecular formula is C12H15F2NO2. The van der Waals surface area contributed by atoms with Gasteiger partial charge in [0.25, 0.3) is 5.92 Å². The number of hydrogen-bond acceptors (Lipinski definition) is 2. The number of benzene rings is 1. The van der Waals surface area contributed by atoms with E-state index in [9.17, 15) is 13.6 Å². The van der Waals surface area contributed by atoms with Crippen LogP contribution in [0, 0.1) is 0 Å². The molecule has 1 aromatic carbocycles. The summed E-state index contributed by atoms with van der Waals surface area (Å²) in [7, 11) is 0. The fourth-order valence-corrected chi connectivity index (χ4v) is 1.54. The van der Waals surface area contributed by atoms with Gasteiger partial charge in [-0.25, -0.2) is 8.78 Å². The highest BCUT2D eigenvalue weighted by molar-refractivity contribution is 5.75. The number of aliphatic carboxylic acids is 1. The molecule has 1 unspecified atom stereocenters. The summed E-state index contributed by atoms with van der Waals surface area (Å²) in [5.74, 6) is -4.06. The summed E-state index contributed by atoms with van der Waals surface area (Å²) in [6.45, 7) is 1.68. The Hall–Kier alpha value is -1.49. The Morgan fingerprint density at radius 2 is 1.94 bits per heavy atom. The lowest BCUT2D eigenvalue weighted by molar-refractivity contribution is -0.138. The Balaban J connectivity index is 2.91. The molecule has 94 valence electrons. The van der Waals surface area contributed by atoms with Crippen LogP contribution in [0.5, 0.6) is 0 Å². The minimum atomic E-state index is -2.87. The monoisotopic (exact) mass is 243 g/mol. The van der Waals surface area contributed by atoms with Gasteiger partial charge in [-0.3, -0.25) is 4.79 Å². The molecule has 17 heavy (non-hydrogen) atoms. The number of alkyl halides is 2. The van der Waals surface area contributed by atoms with Crippen LogP contribution in [-0.2, 0) is 10.7 Å². The van der Waals surface area contributed by atoms with Gasteiger partial charge in [0.05, 0.1) is 0 Å². The van der Waals surface area contributed by atoms with Crippen molar-refractivity contribution in [2.45, 2.75) is 31.7 Å². The summed E-state index contributed by atoms with van der Waals surface area (Å²) in [6, 6.07) is 3.94. The molecule has 1 rings (SSSR count). The number of hydrogen-bond donors (Lipinski definition) is 2. The summed E-state index contributed by atoms with van der Waals surface area (Å²) in [6.07, 6.45) is 0.153. The van der Waals surface area contributed by atoms with Crippen LogP contribution in [0.4, 0.5) is 8.78 Å². The molecule has 0 aromatic heterocycles. The quantitative estimate of drug-likeness (QED) is 0.835. The van der Waals surface area contributed by atoms with E-state index in [0.29, 0.717) is 12.0 Å². The largest absolute Gasteiger partial charge is 0.480 e. The van der Waals surface area contributed by atoms with Gasteiger partial charge in [0.1, 0.15) is 6.04 Å². The highest BCUT2D eigenvalue weighted by Gasteiger charge is 2.30. The standard InChI is InChI=1S/C12H15F2NO2/c1-2-7-12(13,14)9-5-3-8(4-6-9)10(15)11(16)17/h3-6,10H,2,7,15H2,1H3,(H,16,17). The van der Waals surface area contributed by atoms with Crippen molar-refractivity contribution in [1.82, 2.24) is 0 Å². The molecule has 5 heteroatoms. The zero-order valence-electron chi connectivity index (χ0n) is 9.49. The number of carbonyl (C=O) groups is 1. The first-order valence-corrected chi connectivity index (χ1v) is 5.35. The van der Waals surface area contributed by atoms with Crippen molar-refractivity contribution in [2.75, 3.05) is 0 Å². The van der Waals surface area contributed by atoms with E-state index in [0.717, 1.165) is 0 Å². The fraction of sp³-hybridized carbons (Fsp3) is 0.417. The van der Waals surface area contributed by atoms with Crippen molar-refractivity contribution in [1.29, 1.82) is 0 Å². The minimum Gasteiger partial charge on any atom is -0.480 e. The van der Waals surface area contributed by atoms with Gasteiger partial charge in [-0.15, -0.1) is 0 Å². The molecule has 0 radical (unpaired) electrons. The first kappa shape index (κ1) is 13.6. The Bertz CT molecular complexity index is 390. The average molecular weight is 243 g/mol. The zero-order chi connectivity index (χ0) is 13.1. The molecule has 0 bridgehead atoms. The highest BCUT2D eigenvalue weighted by atomic mass is 19.3. The summed E-state index contributed by atoms with van der Waals surface area (Å²) in [5.41, 5.74) is 5.57. The Kier molecular flexibility index (Phi) is 4.17. The minimum absolute atomic E-state index is 0.110. The van der Waals surface area contributed by atoms with Crippen LogP contribution >= 0.6 is 0 Å². The summed E-state index contributed by atoms with van der Waals surface area (Å²) >= 11 is 0. The summed E-state index contributed by atoms with van der Waals surface area (Å²) in [5, 5.41) is 8.68. The second-order valence-electron chi connectivity index (χ2n) is 3.89. The third-order valence-corrected chi connectivity index (χ3v) is 2.52. The first-order chi connectivity index (χ1) is 7.88. The zero-order valence-corrected chi connectivity index (χ0v) is 9.49. The molecule has 0 aliphatic heterocycles. The van der Waals surface area contributed by atoms with Crippen LogP contribution < -0.4 is 5.73 Å². The van der Waals surface area contributed by atoms with Crippen LogP contribution in [0.3, 0.4) is 0 Å². The number of carboxylic acids is 1. The smallest absolute Gasteiger partial charge is 0.325 e. The maximum absolute atomic E-state index is 13.5. The molecule has 0 saturated heterocycles. The Morgan fingerprint density at radius 3 is 2.35 bits per heavy atom. The molecule has 1 atom stereocenters. The summed E-state index contributed by atoms with van der Waals surface area (Å²) < 4.78 is 27.0. The third kappa shape index (κ3) is 3.23. The SMILES string of the molecule is CCCC(F)(F)c1ccc(C(N)C(=O)O)cc1. The van der Waals surface area contributed by atoms with Gasteiger partial charge in [-0.2, -0.15) is 0 Å².